The Morgan fingerprint density at radius 1 is 1.59 bits per heavy atom. The van der Waals surface area contributed by atoms with E-state index in [0.717, 1.165) is 4.47 Å². The van der Waals surface area contributed by atoms with Gasteiger partial charge >= 0.3 is 5.97 Å². The number of esters is 1. The van der Waals surface area contributed by atoms with Crippen LogP contribution in [0.15, 0.2) is 27.6 Å². The summed E-state index contributed by atoms with van der Waals surface area (Å²) in [5.41, 5.74) is -0.0907. The lowest BCUT2D eigenvalue weighted by molar-refractivity contribution is 0.0524. The average Bonchev–Trinajstić information content (AvgIpc) is 2.29. The zero-order valence-corrected chi connectivity index (χ0v) is 10.6. The van der Waals surface area contributed by atoms with Crippen LogP contribution in [0, 0.1) is 0 Å². The number of carbonyl (C=O) groups is 1. The average molecular weight is 297 g/mol. The topological polar surface area (TPSA) is 72.0 Å². The Hall–Kier alpha value is -1.69. The molecule has 2 aromatic rings. The van der Waals surface area contributed by atoms with E-state index in [0.29, 0.717) is 11.0 Å². The van der Waals surface area contributed by atoms with Gasteiger partial charge in [0, 0.05) is 16.1 Å². The summed E-state index contributed by atoms with van der Waals surface area (Å²) >= 11 is 3.33. The molecule has 2 heterocycles. The van der Waals surface area contributed by atoms with Crippen molar-refractivity contribution in [3.8, 4) is 0 Å². The van der Waals surface area contributed by atoms with Gasteiger partial charge in [-0.1, -0.05) is 0 Å². The van der Waals surface area contributed by atoms with E-state index in [-0.39, 0.29) is 12.2 Å². The van der Waals surface area contributed by atoms with Crippen molar-refractivity contribution in [3.05, 3.63) is 38.7 Å². The summed E-state index contributed by atoms with van der Waals surface area (Å²) in [5, 5.41) is 0.662. The quantitative estimate of drug-likeness (QED) is 0.859. The fourth-order valence-electron chi connectivity index (χ4n) is 1.43. The van der Waals surface area contributed by atoms with Gasteiger partial charge in [-0.3, -0.25) is 4.79 Å². The lowest BCUT2D eigenvalue weighted by atomic mass is 10.2. The fraction of sp³-hybridized carbons (Fsp3) is 0.182. The van der Waals surface area contributed by atoms with Gasteiger partial charge in [-0.2, -0.15) is 0 Å². The standard InChI is InChI=1S/C11H9BrN2O3/c1-2-17-11(16)7-5-6-8(12)3-4-13-9(6)14-10(7)15/h3-5H,2H2,1H3,(H,13,14,15). The molecule has 0 atom stereocenters. The van der Waals surface area contributed by atoms with E-state index in [4.69, 9.17) is 4.74 Å². The highest BCUT2D eigenvalue weighted by atomic mass is 79.9. The number of H-pyrrole nitrogens is 1. The van der Waals surface area contributed by atoms with Crippen molar-refractivity contribution >= 4 is 32.9 Å². The van der Waals surface area contributed by atoms with Crippen LogP contribution in [0.5, 0.6) is 0 Å². The van der Waals surface area contributed by atoms with E-state index in [1.165, 1.54) is 6.07 Å². The number of aromatic amines is 1. The van der Waals surface area contributed by atoms with E-state index >= 15 is 0 Å². The van der Waals surface area contributed by atoms with Crippen molar-refractivity contribution in [2.75, 3.05) is 6.61 Å². The summed E-state index contributed by atoms with van der Waals surface area (Å²) in [4.78, 5) is 29.7. The number of hydrogen-bond donors (Lipinski definition) is 1. The van der Waals surface area contributed by atoms with Crippen molar-refractivity contribution in [2.24, 2.45) is 0 Å². The molecular formula is C11H9BrN2O3. The van der Waals surface area contributed by atoms with Gasteiger partial charge in [0.1, 0.15) is 11.2 Å². The Kier molecular flexibility index (Phi) is 3.23. The Morgan fingerprint density at radius 2 is 2.35 bits per heavy atom. The number of nitrogens with one attached hydrogen (secondary N) is 1. The number of aromatic nitrogens is 2. The van der Waals surface area contributed by atoms with Crippen molar-refractivity contribution in [1.29, 1.82) is 0 Å². The molecule has 0 bridgehead atoms. The second-order valence-electron chi connectivity index (χ2n) is 3.29. The zero-order valence-electron chi connectivity index (χ0n) is 8.99. The molecule has 0 saturated heterocycles. The maximum absolute atomic E-state index is 11.6. The first-order chi connectivity index (χ1) is 8.13. The largest absolute Gasteiger partial charge is 0.462 e. The molecule has 6 heteroatoms. The molecule has 0 saturated carbocycles. The molecule has 0 aliphatic carbocycles. The Labute approximate surface area is 105 Å². The zero-order chi connectivity index (χ0) is 12.4. The highest BCUT2D eigenvalue weighted by Gasteiger charge is 2.14. The third-order valence-corrected chi connectivity index (χ3v) is 2.89. The van der Waals surface area contributed by atoms with Gasteiger partial charge < -0.3 is 9.72 Å². The molecule has 0 fully saturated rings. The Balaban J connectivity index is 2.66. The molecule has 0 spiro atoms. The lowest BCUT2D eigenvalue weighted by Gasteiger charge is -2.03. The van der Waals surface area contributed by atoms with E-state index in [1.807, 2.05) is 0 Å². The molecule has 2 rings (SSSR count). The van der Waals surface area contributed by atoms with Crippen LogP contribution in [-0.2, 0) is 4.74 Å². The minimum Gasteiger partial charge on any atom is -0.462 e. The number of rotatable bonds is 2. The number of fused-ring (bicyclic) bond motifs is 1. The summed E-state index contributed by atoms with van der Waals surface area (Å²) in [7, 11) is 0. The van der Waals surface area contributed by atoms with Crippen LogP contribution in [-0.4, -0.2) is 22.5 Å². The van der Waals surface area contributed by atoms with Gasteiger partial charge in [0.05, 0.1) is 6.61 Å². The Bertz CT molecular complexity index is 636. The number of ether oxygens (including phenoxy) is 1. The summed E-state index contributed by atoms with van der Waals surface area (Å²) in [5.74, 6) is -0.633. The maximum Gasteiger partial charge on any atom is 0.343 e. The number of halogens is 1. The van der Waals surface area contributed by atoms with E-state index in [2.05, 4.69) is 25.9 Å². The molecule has 2 aromatic heterocycles. The second kappa shape index (κ2) is 4.67. The van der Waals surface area contributed by atoms with Crippen molar-refractivity contribution in [2.45, 2.75) is 6.92 Å². The van der Waals surface area contributed by atoms with E-state index in [9.17, 15) is 9.59 Å². The lowest BCUT2D eigenvalue weighted by Crippen LogP contribution is -2.19. The highest BCUT2D eigenvalue weighted by Crippen LogP contribution is 2.20. The predicted octanol–water partition coefficient (Wildman–Crippen LogP) is 1.86. The summed E-state index contributed by atoms with van der Waals surface area (Å²) in [6, 6.07) is 3.21. The van der Waals surface area contributed by atoms with Crippen molar-refractivity contribution in [3.63, 3.8) is 0 Å². The van der Waals surface area contributed by atoms with Crippen LogP contribution in [0.3, 0.4) is 0 Å². The second-order valence-corrected chi connectivity index (χ2v) is 4.14. The summed E-state index contributed by atoms with van der Waals surface area (Å²) in [6.07, 6.45) is 1.56. The molecule has 0 aliphatic rings. The Morgan fingerprint density at radius 3 is 3.06 bits per heavy atom. The molecular weight excluding hydrogens is 288 g/mol. The van der Waals surface area contributed by atoms with Crippen molar-refractivity contribution < 1.29 is 9.53 Å². The van der Waals surface area contributed by atoms with Crippen molar-refractivity contribution in [1.82, 2.24) is 9.97 Å². The summed E-state index contributed by atoms with van der Waals surface area (Å²) in [6.45, 7) is 1.91. The minimum absolute atomic E-state index is 0.0203. The molecule has 0 radical (unpaired) electrons. The molecule has 0 aromatic carbocycles. The summed E-state index contributed by atoms with van der Waals surface area (Å²) < 4.78 is 5.56. The molecule has 0 amide bonds. The minimum atomic E-state index is -0.633. The van der Waals surface area contributed by atoms with Gasteiger partial charge in [0.25, 0.3) is 5.56 Å². The monoisotopic (exact) mass is 296 g/mol. The van der Waals surface area contributed by atoms with Crippen LogP contribution < -0.4 is 5.56 Å². The highest BCUT2D eigenvalue weighted by molar-refractivity contribution is 9.10. The maximum atomic E-state index is 11.6. The van der Waals surface area contributed by atoms with Gasteiger partial charge in [0.2, 0.25) is 0 Å². The third-order valence-electron chi connectivity index (χ3n) is 2.20. The number of nitrogens with zero attached hydrogens (tertiary/aromatic N) is 1. The first-order valence-electron chi connectivity index (χ1n) is 4.98. The van der Waals surface area contributed by atoms with E-state index in [1.54, 1.807) is 19.2 Å². The molecule has 5 nitrogen and oxygen atoms in total. The number of pyridine rings is 2. The van der Waals surface area contributed by atoms with Crippen LogP contribution in [0.2, 0.25) is 0 Å². The SMILES string of the molecule is CCOC(=O)c1cc2c(Br)ccnc2[nH]c1=O. The molecule has 17 heavy (non-hydrogen) atoms. The van der Waals surface area contributed by atoms with E-state index < -0.39 is 11.5 Å². The van der Waals surface area contributed by atoms with Gasteiger partial charge in [-0.25, -0.2) is 9.78 Å². The van der Waals surface area contributed by atoms with Crippen LogP contribution in [0.1, 0.15) is 17.3 Å². The van der Waals surface area contributed by atoms with Crippen LogP contribution in [0.25, 0.3) is 11.0 Å². The van der Waals surface area contributed by atoms with Gasteiger partial charge in [-0.15, -0.1) is 0 Å². The van der Waals surface area contributed by atoms with Gasteiger partial charge in [-0.05, 0) is 35.0 Å². The molecule has 88 valence electrons. The molecule has 1 N–H and O–H groups in total. The predicted molar refractivity (Wildman–Crippen MR) is 66.0 cm³/mol. The number of hydrogen-bond acceptors (Lipinski definition) is 4. The van der Waals surface area contributed by atoms with Crippen LogP contribution in [0.4, 0.5) is 0 Å². The molecule has 0 aliphatic heterocycles. The first kappa shape index (κ1) is 11.8. The first-order valence-corrected chi connectivity index (χ1v) is 5.77. The normalized spacial score (nSPS) is 10.5. The molecule has 0 unspecified atom stereocenters. The van der Waals surface area contributed by atoms with Gasteiger partial charge in [0.15, 0.2) is 0 Å². The van der Waals surface area contributed by atoms with Crippen LogP contribution >= 0.6 is 15.9 Å². The smallest absolute Gasteiger partial charge is 0.343 e. The third kappa shape index (κ3) is 2.21. The number of carbonyl (C=O) groups excluding carboxylic acids is 1. The fourth-order valence-corrected chi connectivity index (χ4v) is 1.85.